The Morgan fingerprint density at radius 3 is 2.40 bits per heavy atom. The maximum atomic E-state index is 14.9. The molecular weight excluding hydrogens is 632 g/mol. The van der Waals surface area contributed by atoms with Gasteiger partial charge in [0.25, 0.3) is 11.8 Å². The molecule has 5 aromatic rings. The summed E-state index contributed by atoms with van der Waals surface area (Å²) in [5, 5.41) is 14.3. The quantitative estimate of drug-likeness (QED) is 0.238. The molecule has 0 spiro atoms. The van der Waals surface area contributed by atoms with Crippen molar-refractivity contribution in [2.75, 3.05) is 44.9 Å². The van der Waals surface area contributed by atoms with Crippen molar-refractivity contribution in [3.05, 3.63) is 113 Å². The number of nitrogens with zero attached hydrogens (tertiary/aromatic N) is 6. The minimum atomic E-state index is -0.261. The molecule has 2 aliphatic heterocycles. The Bertz CT molecular complexity index is 2030. The van der Waals surface area contributed by atoms with Gasteiger partial charge in [-0.25, -0.2) is 0 Å². The van der Waals surface area contributed by atoms with E-state index in [9.17, 15) is 14.7 Å². The SMILES string of the molecule is COc1ccc(-c2cc(C(=O)N(c3ccc(O)cc3)c3cnn(C)c3)c(C)n2C)c(C(=O)N2Cc3ccccc3C[C@H]2CN2CCOCC2)c1. The zero-order chi connectivity index (χ0) is 34.9. The number of carbonyl (C=O) groups excluding carboxylic acids is 2. The van der Waals surface area contributed by atoms with Crippen LogP contribution in [-0.4, -0.2) is 87.1 Å². The van der Waals surface area contributed by atoms with Crippen molar-refractivity contribution < 1.29 is 24.2 Å². The van der Waals surface area contributed by atoms with Crippen LogP contribution in [0.1, 0.15) is 37.5 Å². The zero-order valence-electron chi connectivity index (χ0n) is 28.9. The molecule has 0 aliphatic carbocycles. The summed E-state index contributed by atoms with van der Waals surface area (Å²) in [6.07, 6.45) is 4.17. The topological polar surface area (TPSA) is 105 Å². The first-order valence-electron chi connectivity index (χ1n) is 16.9. The third-order valence-corrected chi connectivity index (χ3v) is 9.95. The van der Waals surface area contributed by atoms with Gasteiger partial charge in [0, 0.05) is 75.2 Å². The number of anilines is 2. The number of fused-ring (bicyclic) bond motifs is 1. The maximum absolute atomic E-state index is 14.9. The molecule has 0 unspecified atom stereocenters. The molecule has 0 radical (unpaired) electrons. The molecule has 1 saturated heterocycles. The van der Waals surface area contributed by atoms with E-state index in [-0.39, 0.29) is 23.6 Å². The predicted octanol–water partition coefficient (Wildman–Crippen LogP) is 5.33. The van der Waals surface area contributed by atoms with Crippen LogP contribution >= 0.6 is 0 Å². The van der Waals surface area contributed by atoms with E-state index in [2.05, 4.69) is 28.2 Å². The standard InChI is InChI=1S/C39H42N6O5/c1-26-35(39(48)45(31-22-40-41(2)24-31)29-9-11-32(46)12-10-29)21-37(42(26)3)34-14-13-33(49-4)20-36(34)38(47)44-23-28-8-6-5-7-27(28)19-30(44)25-43-15-17-50-18-16-43/h5-14,20-22,24,30,46H,15-19,23,25H2,1-4H3/t30-/m0/s1. The van der Waals surface area contributed by atoms with Gasteiger partial charge in [-0.1, -0.05) is 24.3 Å². The van der Waals surface area contributed by atoms with Crippen molar-refractivity contribution >= 4 is 23.2 Å². The Hall–Kier alpha value is -5.39. The molecule has 0 bridgehead atoms. The minimum Gasteiger partial charge on any atom is -0.508 e. The van der Waals surface area contributed by atoms with Crippen LogP contribution in [0.2, 0.25) is 0 Å². The van der Waals surface area contributed by atoms with Gasteiger partial charge in [0.15, 0.2) is 0 Å². The van der Waals surface area contributed by atoms with Crippen molar-refractivity contribution in [3.8, 4) is 22.8 Å². The van der Waals surface area contributed by atoms with Crippen LogP contribution in [0.5, 0.6) is 11.5 Å². The van der Waals surface area contributed by atoms with E-state index in [4.69, 9.17) is 9.47 Å². The van der Waals surface area contributed by atoms with Crippen LogP contribution in [0.25, 0.3) is 11.3 Å². The van der Waals surface area contributed by atoms with Gasteiger partial charge in [0.2, 0.25) is 0 Å². The lowest BCUT2D eigenvalue weighted by atomic mass is 9.92. The number of benzene rings is 3. The number of methoxy groups -OCH3 is 1. The number of amides is 2. The number of aromatic hydroxyl groups is 1. The third kappa shape index (κ3) is 6.37. The number of phenolic OH excluding ortho intramolecular Hbond substituents is 1. The van der Waals surface area contributed by atoms with Crippen LogP contribution in [-0.2, 0) is 31.8 Å². The Morgan fingerprint density at radius 2 is 1.70 bits per heavy atom. The molecule has 2 amide bonds. The highest BCUT2D eigenvalue weighted by atomic mass is 16.5. The van der Waals surface area contributed by atoms with Crippen LogP contribution < -0.4 is 9.64 Å². The van der Waals surface area contributed by atoms with E-state index in [1.807, 2.05) is 53.8 Å². The molecule has 4 heterocycles. The molecule has 11 nitrogen and oxygen atoms in total. The van der Waals surface area contributed by atoms with Crippen molar-refractivity contribution in [1.29, 1.82) is 0 Å². The lowest BCUT2D eigenvalue weighted by molar-refractivity contribution is 0.0193. The fourth-order valence-electron chi connectivity index (χ4n) is 7.08. The predicted molar refractivity (Wildman–Crippen MR) is 191 cm³/mol. The highest BCUT2D eigenvalue weighted by Gasteiger charge is 2.34. The van der Waals surface area contributed by atoms with Gasteiger partial charge >= 0.3 is 0 Å². The van der Waals surface area contributed by atoms with Crippen LogP contribution in [0.15, 0.2) is 85.2 Å². The van der Waals surface area contributed by atoms with E-state index in [1.54, 1.807) is 60.4 Å². The lowest BCUT2D eigenvalue weighted by Crippen LogP contribution is -2.52. The zero-order valence-corrected chi connectivity index (χ0v) is 28.9. The van der Waals surface area contributed by atoms with Gasteiger partial charge in [-0.15, -0.1) is 0 Å². The lowest BCUT2D eigenvalue weighted by Gasteiger charge is -2.40. The largest absolute Gasteiger partial charge is 0.508 e. The number of aryl methyl sites for hydroxylation is 1. The number of morpholine rings is 1. The van der Waals surface area contributed by atoms with Crippen LogP contribution in [0.4, 0.5) is 11.4 Å². The Morgan fingerprint density at radius 1 is 0.960 bits per heavy atom. The number of aromatic nitrogens is 3. The number of phenols is 1. The number of hydrogen-bond donors (Lipinski definition) is 1. The fraction of sp³-hybridized carbons (Fsp3) is 0.308. The average Bonchev–Trinajstić information content (AvgIpc) is 3.70. The van der Waals surface area contributed by atoms with Crippen molar-refractivity contribution in [3.63, 3.8) is 0 Å². The summed E-state index contributed by atoms with van der Waals surface area (Å²) < 4.78 is 14.8. The Kier molecular flexibility index (Phi) is 9.18. The van der Waals surface area contributed by atoms with E-state index < -0.39 is 0 Å². The summed E-state index contributed by atoms with van der Waals surface area (Å²) in [7, 11) is 5.30. The van der Waals surface area contributed by atoms with Gasteiger partial charge < -0.3 is 24.0 Å². The molecule has 50 heavy (non-hydrogen) atoms. The number of rotatable bonds is 8. The Labute approximate surface area is 291 Å². The molecule has 0 saturated carbocycles. The monoisotopic (exact) mass is 674 g/mol. The first-order valence-corrected chi connectivity index (χ1v) is 16.9. The second-order valence-corrected chi connectivity index (χ2v) is 13.0. The molecule has 3 aromatic carbocycles. The van der Waals surface area contributed by atoms with Crippen LogP contribution in [0.3, 0.4) is 0 Å². The van der Waals surface area contributed by atoms with Gasteiger partial charge in [0.1, 0.15) is 11.5 Å². The highest BCUT2D eigenvalue weighted by Crippen LogP contribution is 2.36. The third-order valence-electron chi connectivity index (χ3n) is 9.95. The van der Waals surface area contributed by atoms with E-state index in [0.29, 0.717) is 53.6 Å². The van der Waals surface area contributed by atoms with E-state index in [1.165, 1.54) is 5.56 Å². The first-order chi connectivity index (χ1) is 24.2. The summed E-state index contributed by atoms with van der Waals surface area (Å²) in [5.74, 6) is 0.338. The summed E-state index contributed by atoms with van der Waals surface area (Å²) in [6, 6.07) is 22.3. The molecule has 1 N–H and O–H groups in total. The molecule has 11 heteroatoms. The van der Waals surface area contributed by atoms with E-state index in [0.717, 1.165) is 43.0 Å². The van der Waals surface area contributed by atoms with Crippen molar-refractivity contribution in [1.82, 2.24) is 24.1 Å². The molecule has 7 rings (SSSR count). The summed E-state index contributed by atoms with van der Waals surface area (Å²) in [5.41, 5.74) is 6.77. The molecular formula is C39H42N6O5. The van der Waals surface area contributed by atoms with Gasteiger partial charge in [-0.05, 0) is 73.0 Å². The normalized spacial score (nSPS) is 16.2. The van der Waals surface area contributed by atoms with Crippen molar-refractivity contribution in [2.24, 2.45) is 14.1 Å². The van der Waals surface area contributed by atoms with Crippen molar-refractivity contribution in [2.45, 2.75) is 25.9 Å². The second kappa shape index (κ2) is 13.9. The molecule has 2 aliphatic rings. The molecule has 2 aromatic heterocycles. The first kappa shape index (κ1) is 33.1. The highest BCUT2D eigenvalue weighted by molar-refractivity contribution is 6.12. The summed E-state index contributed by atoms with van der Waals surface area (Å²) in [4.78, 5) is 35.3. The summed E-state index contributed by atoms with van der Waals surface area (Å²) >= 11 is 0. The molecule has 1 atom stereocenters. The average molecular weight is 675 g/mol. The summed E-state index contributed by atoms with van der Waals surface area (Å²) in [6.45, 7) is 6.22. The van der Waals surface area contributed by atoms with E-state index >= 15 is 0 Å². The number of hydrogen-bond acceptors (Lipinski definition) is 7. The van der Waals surface area contributed by atoms with Crippen LogP contribution in [0, 0.1) is 6.92 Å². The molecule has 258 valence electrons. The van der Waals surface area contributed by atoms with Gasteiger partial charge in [-0.3, -0.25) is 24.1 Å². The van der Waals surface area contributed by atoms with Gasteiger partial charge in [-0.2, -0.15) is 5.10 Å². The second-order valence-electron chi connectivity index (χ2n) is 13.0. The Balaban J connectivity index is 1.28. The number of carbonyl (C=O) groups is 2. The minimum absolute atomic E-state index is 0.0276. The van der Waals surface area contributed by atoms with Gasteiger partial charge in [0.05, 0.1) is 43.3 Å². The maximum Gasteiger partial charge on any atom is 0.264 e. The fourth-order valence-corrected chi connectivity index (χ4v) is 7.08. The number of ether oxygens (including phenoxy) is 2. The molecule has 1 fully saturated rings. The smallest absolute Gasteiger partial charge is 0.264 e.